The van der Waals surface area contributed by atoms with Gasteiger partial charge in [-0.2, -0.15) is 0 Å². The van der Waals surface area contributed by atoms with Crippen LogP contribution in [0.25, 0.3) is 0 Å². The molecule has 0 saturated carbocycles. The topological polar surface area (TPSA) is 20.2 Å². The van der Waals surface area contributed by atoms with Crippen molar-refractivity contribution in [3.63, 3.8) is 0 Å². The summed E-state index contributed by atoms with van der Waals surface area (Å²) >= 11 is 0. The van der Waals surface area contributed by atoms with Crippen molar-refractivity contribution in [2.45, 2.75) is 46.6 Å². The summed E-state index contributed by atoms with van der Waals surface area (Å²) in [4.78, 5) is 0. The first-order valence-corrected chi connectivity index (χ1v) is 5.90. The molecule has 2 atom stereocenters. The first-order chi connectivity index (χ1) is 7.45. The maximum Gasteiger partial charge on any atom is 0.129 e. The molecule has 0 fully saturated rings. The van der Waals surface area contributed by atoms with Crippen molar-refractivity contribution in [3.05, 3.63) is 34.6 Å². The molecule has 1 rings (SSSR count). The van der Waals surface area contributed by atoms with E-state index in [0.29, 0.717) is 17.9 Å². The average molecular weight is 224 g/mol. The summed E-state index contributed by atoms with van der Waals surface area (Å²) in [6.45, 7) is 7.87. The van der Waals surface area contributed by atoms with Gasteiger partial charge in [-0.05, 0) is 43.4 Å². The number of hydrogen-bond donors (Lipinski definition) is 1. The second-order valence-corrected chi connectivity index (χ2v) is 4.74. The van der Waals surface area contributed by atoms with Crippen molar-refractivity contribution < 1.29 is 9.50 Å². The van der Waals surface area contributed by atoms with Crippen LogP contribution in [0.4, 0.5) is 4.39 Å². The fraction of sp³-hybridized carbons (Fsp3) is 0.571. The molecule has 0 aliphatic heterocycles. The third kappa shape index (κ3) is 3.05. The predicted molar refractivity (Wildman–Crippen MR) is 64.9 cm³/mol. The minimum atomic E-state index is -0.685. The molecule has 0 aromatic heterocycles. The van der Waals surface area contributed by atoms with Gasteiger partial charge in [-0.1, -0.05) is 26.3 Å². The number of benzene rings is 1. The van der Waals surface area contributed by atoms with Gasteiger partial charge in [0.25, 0.3) is 0 Å². The molecule has 16 heavy (non-hydrogen) atoms. The maximum absolute atomic E-state index is 13.8. The van der Waals surface area contributed by atoms with Gasteiger partial charge < -0.3 is 5.11 Å². The second-order valence-electron chi connectivity index (χ2n) is 4.74. The van der Waals surface area contributed by atoms with E-state index in [1.54, 1.807) is 0 Å². The van der Waals surface area contributed by atoms with E-state index in [9.17, 15) is 9.50 Å². The van der Waals surface area contributed by atoms with Crippen LogP contribution in [0, 0.1) is 25.6 Å². The largest absolute Gasteiger partial charge is 0.388 e. The van der Waals surface area contributed by atoms with Gasteiger partial charge in [0, 0.05) is 5.56 Å². The van der Waals surface area contributed by atoms with Gasteiger partial charge in [0.1, 0.15) is 5.82 Å². The maximum atomic E-state index is 13.8. The molecule has 2 unspecified atom stereocenters. The smallest absolute Gasteiger partial charge is 0.129 e. The van der Waals surface area contributed by atoms with E-state index in [4.69, 9.17) is 0 Å². The zero-order chi connectivity index (χ0) is 12.3. The molecular weight excluding hydrogens is 203 g/mol. The van der Waals surface area contributed by atoms with E-state index < -0.39 is 6.10 Å². The number of aliphatic hydroxyl groups excluding tert-OH is 1. The van der Waals surface area contributed by atoms with E-state index in [2.05, 4.69) is 13.8 Å². The van der Waals surface area contributed by atoms with E-state index >= 15 is 0 Å². The molecule has 1 aromatic carbocycles. The Hall–Kier alpha value is -0.890. The average Bonchev–Trinajstić information content (AvgIpc) is 2.15. The zero-order valence-corrected chi connectivity index (χ0v) is 10.5. The zero-order valence-electron chi connectivity index (χ0n) is 10.5. The van der Waals surface area contributed by atoms with Gasteiger partial charge in [0.05, 0.1) is 6.10 Å². The minimum Gasteiger partial charge on any atom is -0.388 e. The van der Waals surface area contributed by atoms with Gasteiger partial charge in [-0.25, -0.2) is 4.39 Å². The van der Waals surface area contributed by atoms with Crippen molar-refractivity contribution in [2.24, 2.45) is 5.92 Å². The van der Waals surface area contributed by atoms with Gasteiger partial charge >= 0.3 is 0 Å². The third-order valence-electron chi connectivity index (χ3n) is 3.14. The summed E-state index contributed by atoms with van der Waals surface area (Å²) < 4.78 is 13.8. The molecule has 1 nitrogen and oxygen atoms in total. The minimum absolute atomic E-state index is 0.284. The SMILES string of the molecule is CCC(C)CC(O)c1c(C)cc(C)cc1F. The summed E-state index contributed by atoms with van der Waals surface area (Å²) in [5.41, 5.74) is 2.20. The molecular formula is C14H21FO. The summed E-state index contributed by atoms with van der Waals surface area (Å²) in [5, 5.41) is 10.0. The molecule has 2 heteroatoms. The first kappa shape index (κ1) is 13.2. The highest BCUT2D eigenvalue weighted by Gasteiger charge is 2.17. The van der Waals surface area contributed by atoms with Gasteiger partial charge in [-0.3, -0.25) is 0 Å². The van der Waals surface area contributed by atoms with Crippen LogP contribution in [0.1, 0.15) is 49.5 Å². The van der Waals surface area contributed by atoms with Crippen molar-refractivity contribution in [2.75, 3.05) is 0 Å². The Kier molecular flexibility index (Phi) is 4.48. The molecule has 0 spiro atoms. The van der Waals surface area contributed by atoms with E-state index in [1.165, 1.54) is 6.07 Å². The fourth-order valence-corrected chi connectivity index (χ4v) is 2.01. The van der Waals surface area contributed by atoms with E-state index in [1.807, 2.05) is 19.9 Å². The lowest BCUT2D eigenvalue weighted by atomic mass is 9.93. The summed E-state index contributed by atoms with van der Waals surface area (Å²) in [6, 6.07) is 3.40. The lowest BCUT2D eigenvalue weighted by Crippen LogP contribution is -2.08. The molecule has 1 N–H and O–H groups in total. The summed E-state index contributed by atoms with van der Waals surface area (Å²) in [5.74, 6) is 0.128. The summed E-state index contributed by atoms with van der Waals surface area (Å²) in [7, 11) is 0. The molecule has 0 aliphatic rings. The number of aliphatic hydroxyl groups is 1. The molecule has 0 bridgehead atoms. The van der Waals surface area contributed by atoms with Gasteiger partial charge in [0.15, 0.2) is 0 Å². The lowest BCUT2D eigenvalue weighted by molar-refractivity contribution is 0.141. The first-order valence-electron chi connectivity index (χ1n) is 5.90. The van der Waals surface area contributed by atoms with Crippen molar-refractivity contribution in [1.82, 2.24) is 0 Å². The molecule has 0 radical (unpaired) electrons. The normalized spacial score (nSPS) is 14.9. The van der Waals surface area contributed by atoms with Crippen LogP contribution in [-0.4, -0.2) is 5.11 Å². The lowest BCUT2D eigenvalue weighted by Gasteiger charge is -2.18. The van der Waals surface area contributed by atoms with Crippen LogP contribution in [0.5, 0.6) is 0 Å². The predicted octanol–water partition coefficient (Wildman–Crippen LogP) is 3.91. The highest BCUT2D eigenvalue weighted by Crippen LogP contribution is 2.28. The molecule has 90 valence electrons. The molecule has 0 amide bonds. The standard InChI is InChI=1S/C14H21FO/c1-5-9(2)8-13(16)14-11(4)6-10(3)7-12(14)15/h6-7,9,13,16H,5,8H2,1-4H3. The Bertz CT molecular complexity index is 337. The molecule has 0 aliphatic carbocycles. The van der Waals surface area contributed by atoms with Gasteiger partial charge in [0.2, 0.25) is 0 Å². The fourth-order valence-electron chi connectivity index (χ4n) is 2.01. The molecule has 0 saturated heterocycles. The third-order valence-corrected chi connectivity index (χ3v) is 3.14. The number of halogens is 1. The van der Waals surface area contributed by atoms with Crippen LogP contribution in [-0.2, 0) is 0 Å². The number of aryl methyl sites for hydroxylation is 2. The van der Waals surface area contributed by atoms with Crippen LogP contribution in [0.15, 0.2) is 12.1 Å². The monoisotopic (exact) mass is 224 g/mol. The van der Waals surface area contributed by atoms with Crippen molar-refractivity contribution in [1.29, 1.82) is 0 Å². The van der Waals surface area contributed by atoms with Gasteiger partial charge in [-0.15, -0.1) is 0 Å². The second kappa shape index (κ2) is 5.44. The molecule has 1 aromatic rings. The highest BCUT2D eigenvalue weighted by atomic mass is 19.1. The van der Waals surface area contributed by atoms with Crippen LogP contribution in [0.3, 0.4) is 0 Å². The van der Waals surface area contributed by atoms with Crippen LogP contribution >= 0.6 is 0 Å². The van der Waals surface area contributed by atoms with E-state index in [0.717, 1.165) is 17.5 Å². The van der Waals surface area contributed by atoms with E-state index in [-0.39, 0.29) is 5.82 Å². The summed E-state index contributed by atoms with van der Waals surface area (Å²) in [6.07, 6.45) is 0.941. The highest BCUT2D eigenvalue weighted by molar-refractivity contribution is 5.33. The van der Waals surface area contributed by atoms with Crippen molar-refractivity contribution in [3.8, 4) is 0 Å². The Morgan fingerprint density at radius 1 is 1.31 bits per heavy atom. The number of hydrogen-bond acceptors (Lipinski definition) is 1. The Balaban J connectivity index is 2.95. The van der Waals surface area contributed by atoms with Crippen LogP contribution < -0.4 is 0 Å². The Morgan fingerprint density at radius 2 is 1.94 bits per heavy atom. The Labute approximate surface area is 97.3 Å². The Morgan fingerprint density at radius 3 is 2.44 bits per heavy atom. The molecule has 0 heterocycles. The van der Waals surface area contributed by atoms with Crippen LogP contribution in [0.2, 0.25) is 0 Å². The number of rotatable bonds is 4. The quantitative estimate of drug-likeness (QED) is 0.822. The van der Waals surface area contributed by atoms with Crippen molar-refractivity contribution >= 4 is 0 Å².